The summed E-state index contributed by atoms with van der Waals surface area (Å²) in [6, 6.07) is -0.490. The Kier molecular flexibility index (Phi) is 4.64. The molecule has 120 valence electrons. The van der Waals surface area contributed by atoms with Crippen molar-refractivity contribution in [2.24, 2.45) is 11.3 Å². The second-order valence-electron chi connectivity index (χ2n) is 7.81. The van der Waals surface area contributed by atoms with Gasteiger partial charge in [-0.25, -0.2) is 0 Å². The van der Waals surface area contributed by atoms with Crippen LogP contribution in [0.4, 0.5) is 0 Å². The minimum Gasteiger partial charge on any atom is -0.342 e. The van der Waals surface area contributed by atoms with E-state index in [-0.39, 0.29) is 29.3 Å². The summed E-state index contributed by atoms with van der Waals surface area (Å²) in [5.41, 5.74) is -0.244. The maximum absolute atomic E-state index is 12.9. The number of nitrogens with one attached hydrogen (secondary N) is 1. The largest absolute Gasteiger partial charge is 0.342 e. The molecule has 1 aliphatic heterocycles. The van der Waals surface area contributed by atoms with E-state index >= 15 is 0 Å². The fourth-order valence-corrected chi connectivity index (χ4v) is 3.71. The van der Waals surface area contributed by atoms with Crippen LogP contribution in [-0.2, 0) is 9.59 Å². The molecule has 0 aromatic rings. The number of hydrogen-bond acceptors (Lipinski definition) is 2. The van der Waals surface area contributed by atoms with E-state index in [4.69, 9.17) is 0 Å². The molecular weight excluding hydrogens is 264 g/mol. The average Bonchev–Trinajstić information content (AvgIpc) is 2.42. The van der Waals surface area contributed by atoms with Gasteiger partial charge in [-0.05, 0) is 43.9 Å². The van der Waals surface area contributed by atoms with Crippen LogP contribution < -0.4 is 5.32 Å². The van der Waals surface area contributed by atoms with Crippen LogP contribution in [0.2, 0.25) is 0 Å². The van der Waals surface area contributed by atoms with E-state index < -0.39 is 6.04 Å². The van der Waals surface area contributed by atoms with E-state index in [2.05, 4.69) is 12.2 Å². The maximum Gasteiger partial charge on any atom is 0.246 e. The Labute approximate surface area is 128 Å². The Balaban J connectivity index is 2.16. The van der Waals surface area contributed by atoms with Crippen LogP contribution in [0, 0.1) is 11.3 Å². The smallest absolute Gasteiger partial charge is 0.246 e. The Morgan fingerprint density at radius 2 is 1.71 bits per heavy atom. The van der Waals surface area contributed by atoms with E-state index in [9.17, 15) is 9.59 Å². The molecule has 1 saturated carbocycles. The van der Waals surface area contributed by atoms with Gasteiger partial charge in [0.15, 0.2) is 0 Å². The number of carbonyl (C=O) groups excluding carboxylic acids is 2. The van der Waals surface area contributed by atoms with Crippen molar-refractivity contribution in [1.82, 2.24) is 10.2 Å². The molecule has 2 fully saturated rings. The van der Waals surface area contributed by atoms with Crippen LogP contribution in [0.1, 0.15) is 66.7 Å². The van der Waals surface area contributed by atoms with Gasteiger partial charge in [-0.15, -0.1) is 0 Å². The summed E-state index contributed by atoms with van der Waals surface area (Å²) in [4.78, 5) is 27.0. The highest BCUT2D eigenvalue weighted by Crippen LogP contribution is 2.33. The number of hydrogen-bond donors (Lipinski definition) is 1. The highest BCUT2D eigenvalue weighted by atomic mass is 16.2. The zero-order valence-electron chi connectivity index (χ0n) is 14.1. The van der Waals surface area contributed by atoms with Gasteiger partial charge in [0, 0.05) is 6.04 Å². The van der Waals surface area contributed by atoms with Gasteiger partial charge in [0.2, 0.25) is 11.8 Å². The number of nitrogens with zero attached hydrogens (tertiary/aromatic N) is 1. The summed E-state index contributed by atoms with van der Waals surface area (Å²) in [5.74, 6) is 0.894. The maximum atomic E-state index is 12.9. The molecule has 4 heteroatoms. The summed E-state index contributed by atoms with van der Waals surface area (Å²) in [7, 11) is 0. The summed E-state index contributed by atoms with van der Waals surface area (Å²) in [5, 5.41) is 2.91. The number of piperazine rings is 1. The van der Waals surface area contributed by atoms with Crippen molar-refractivity contribution in [3.63, 3.8) is 0 Å². The van der Waals surface area contributed by atoms with E-state index in [1.165, 1.54) is 19.3 Å². The Morgan fingerprint density at radius 1 is 1.14 bits per heavy atom. The van der Waals surface area contributed by atoms with Crippen LogP contribution in [0.5, 0.6) is 0 Å². The predicted molar refractivity (Wildman–Crippen MR) is 83.7 cm³/mol. The van der Waals surface area contributed by atoms with Crippen molar-refractivity contribution < 1.29 is 9.59 Å². The third-order valence-corrected chi connectivity index (χ3v) is 5.24. The van der Waals surface area contributed by atoms with Gasteiger partial charge in [-0.1, -0.05) is 34.1 Å². The molecule has 1 aliphatic carbocycles. The molecule has 1 heterocycles. The minimum absolute atomic E-state index is 0.00728. The van der Waals surface area contributed by atoms with Gasteiger partial charge in [0.1, 0.15) is 12.1 Å². The lowest BCUT2D eigenvalue weighted by molar-refractivity contribution is -0.155. The molecule has 4 nitrogen and oxygen atoms in total. The van der Waals surface area contributed by atoms with E-state index in [1.54, 1.807) is 0 Å². The quantitative estimate of drug-likeness (QED) is 0.851. The van der Waals surface area contributed by atoms with Crippen molar-refractivity contribution in [2.75, 3.05) is 0 Å². The molecule has 21 heavy (non-hydrogen) atoms. The summed E-state index contributed by atoms with van der Waals surface area (Å²) in [6.07, 6.45) is 5.66. The number of carbonyl (C=O) groups is 2. The first-order chi connectivity index (χ1) is 9.75. The van der Waals surface area contributed by atoms with Crippen molar-refractivity contribution >= 4 is 11.8 Å². The molecule has 1 saturated heterocycles. The molecule has 0 radical (unpaired) electrons. The second kappa shape index (κ2) is 5.98. The fraction of sp³-hybridized carbons (Fsp3) is 0.882. The van der Waals surface area contributed by atoms with Crippen molar-refractivity contribution in [3.8, 4) is 0 Å². The first-order valence-corrected chi connectivity index (χ1v) is 8.38. The molecule has 0 aromatic carbocycles. The fourth-order valence-electron chi connectivity index (χ4n) is 3.71. The zero-order chi connectivity index (χ0) is 15.8. The van der Waals surface area contributed by atoms with E-state index in [1.807, 2.05) is 32.6 Å². The molecule has 2 unspecified atom stereocenters. The third-order valence-electron chi connectivity index (χ3n) is 5.24. The minimum atomic E-state index is -0.398. The molecular formula is C17H30N2O2. The van der Waals surface area contributed by atoms with Gasteiger partial charge in [0.05, 0.1) is 0 Å². The average molecular weight is 294 g/mol. The van der Waals surface area contributed by atoms with Crippen molar-refractivity contribution in [2.45, 2.75) is 84.8 Å². The van der Waals surface area contributed by atoms with E-state index in [0.717, 1.165) is 18.8 Å². The SMILES string of the molecule is CCC1CCC(N2C(=O)C(C(C)(C)C)NC(=O)C2C)CC1. The van der Waals surface area contributed by atoms with Crippen molar-refractivity contribution in [1.29, 1.82) is 0 Å². The van der Waals surface area contributed by atoms with Crippen LogP contribution in [-0.4, -0.2) is 34.8 Å². The van der Waals surface area contributed by atoms with Gasteiger partial charge < -0.3 is 10.2 Å². The van der Waals surface area contributed by atoms with Gasteiger partial charge in [-0.3, -0.25) is 9.59 Å². The van der Waals surface area contributed by atoms with Gasteiger partial charge >= 0.3 is 0 Å². The lowest BCUT2D eigenvalue weighted by Gasteiger charge is -2.47. The Hall–Kier alpha value is -1.06. The number of rotatable bonds is 2. The lowest BCUT2D eigenvalue weighted by Crippen LogP contribution is -2.68. The highest BCUT2D eigenvalue weighted by molar-refractivity contribution is 5.97. The lowest BCUT2D eigenvalue weighted by atomic mass is 9.80. The van der Waals surface area contributed by atoms with Gasteiger partial charge in [0.25, 0.3) is 0 Å². The summed E-state index contributed by atoms with van der Waals surface area (Å²) >= 11 is 0. The van der Waals surface area contributed by atoms with Crippen molar-refractivity contribution in [3.05, 3.63) is 0 Å². The Morgan fingerprint density at radius 3 is 2.19 bits per heavy atom. The molecule has 2 amide bonds. The van der Waals surface area contributed by atoms with Crippen LogP contribution in [0.25, 0.3) is 0 Å². The molecule has 1 N–H and O–H groups in total. The highest BCUT2D eigenvalue weighted by Gasteiger charge is 2.46. The molecule has 0 bridgehead atoms. The van der Waals surface area contributed by atoms with Gasteiger partial charge in [-0.2, -0.15) is 0 Å². The molecule has 2 rings (SSSR count). The third kappa shape index (κ3) is 3.24. The molecule has 0 aromatic heterocycles. The van der Waals surface area contributed by atoms with E-state index in [0.29, 0.717) is 0 Å². The normalized spacial score (nSPS) is 34.8. The van der Waals surface area contributed by atoms with Crippen LogP contribution in [0.3, 0.4) is 0 Å². The topological polar surface area (TPSA) is 49.4 Å². The van der Waals surface area contributed by atoms with Crippen LogP contribution >= 0.6 is 0 Å². The second-order valence-corrected chi connectivity index (χ2v) is 7.81. The molecule has 2 aliphatic rings. The molecule has 2 atom stereocenters. The summed E-state index contributed by atoms with van der Waals surface area (Å²) < 4.78 is 0. The number of amides is 2. The molecule has 0 spiro atoms. The first-order valence-electron chi connectivity index (χ1n) is 8.38. The monoisotopic (exact) mass is 294 g/mol. The Bertz CT molecular complexity index is 406. The zero-order valence-corrected chi connectivity index (χ0v) is 14.1. The first kappa shape index (κ1) is 16.3. The van der Waals surface area contributed by atoms with Crippen LogP contribution in [0.15, 0.2) is 0 Å². The standard InChI is InChI=1S/C17H30N2O2/c1-6-12-7-9-13(10-8-12)19-11(2)15(20)18-14(16(19)21)17(3,4)5/h11-14H,6-10H2,1-5H3,(H,18,20). The predicted octanol–water partition coefficient (Wildman–Crippen LogP) is 2.72. The summed E-state index contributed by atoms with van der Waals surface area (Å²) in [6.45, 7) is 10.1.